The molecular formula is C30H25ClN2O4S2. The van der Waals surface area contributed by atoms with E-state index in [1.807, 2.05) is 67.6 Å². The molecule has 0 fully saturated rings. The lowest BCUT2D eigenvalue weighted by Crippen LogP contribution is -2.29. The van der Waals surface area contributed by atoms with Gasteiger partial charge in [-0.05, 0) is 72.5 Å². The first-order chi connectivity index (χ1) is 18.7. The van der Waals surface area contributed by atoms with Gasteiger partial charge in [0.05, 0.1) is 29.1 Å². The molecule has 0 aliphatic rings. The fourth-order valence-corrected chi connectivity index (χ4v) is 6.04. The quantitative estimate of drug-likeness (QED) is 0.204. The second kappa shape index (κ2) is 11.1. The number of aryl methyl sites for hydroxylation is 1. The van der Waals surface area contributed by atoms with Crippen LogP contribution in [0.5, 0.6) is 11.5 Å². The zero-order valence-electron chi connectivity index (χ0n) is 21.2. The van der Waals surface area contributed by atoms with Gasteiger partial charge in [-0.3, -0.25) is 9.10 Å². The van der Waals surface area contributed by atoms with E-state index in [1.165, 1.54) is 21.9 Å². The summed E-state index contributed by atoms with van der Waals surface area (Å²) in [6.45, 7) is 2.20. The minimum atomic E-state index is -3.55. The molecule has 1 heterocycles. The first-order valence-electron chi connectivity index (χ1n) is 12.1. The number of halogens is 1. The Hall–Kier alpha value is -3.85. The van der Waals surface area contributed by atoms with Crippen LogP contribution in [0.2, 0.25) is 5.02 Å². The number of ether oxygens (including phenoxy) is 1. The van der Waals surface area contributed by atoms with Crippen molar-refractivity contribution >= 4 is 60.3 Å². The molecule has 9 heteroatoms. The number of sulfonamides is 1. The van der Waals surface area contributed by atoms with Crippen LogP contribution in [-0.4, -0.2) is 20.6 Å². The van der Waals surface area contributed by atoms with Gasteiger partial charge in [-0.1, -0.05) is 59.6 Å². The highest BCUT2D eigenvalue weighted by Gasteiger charge is 2.20. The Bertz CT molecular complexity index is 1750. The summed E-state index contributed by atoms with van der Waals surface area (Å²) >= 11 is 7.52. The third kappa shape index (κ3) is 6.42. The normalized spacial score (nSPS) is 11.4. The number of fused-ring (bicyclic) bond motifs is 1. The molecule has 1 N–H and O–H groups in total. The summed E-state index contributed by atoms with van der Waals surface area (Å²) in [6, 6.07) is 29.2. The Morgan fingerprint density at radius 3 is 2.41 bits per heavy atom. The molecule has 39 heavy (non-hydrogen) atoms. The standard InChI is InChI=1S/C30H25ClN2O4S2/c1-20-8-10-21(11-9-20)19-33(39(2,35)36)24-13-15-28-22(16-24)17-29(38-28)30(34)32-26-18-23(31)12-14-27(26)37-25-6-4-3-5-7-25/h3-18H,19H2,1-2H3,(H,32,34). The van der Waals surface area contributed by atoms with Gasteiger partial charge in [0.25, 0.3) is 5.91 Å². The second-order valence-electron chi connectivity index (χ2n) is 9.10. The van der Waals surface area contributed by atoms with Gasteiger partial charge in [-0.15, -0.1) is 11.3 Å². The Balaban J connectivity index is 1.41. The van der Waals surface area contributed by atoms with Crippen molar-refractivity contribution in [1.29, 1.82) is 0 Å². The molecule has 5 rings (SSSR count). The minimum Gasteiger partial charge on any atom is -0.455 e. The number of thiophene rings is 1. The summed E-state index contributed by atoms with van der Waals surface area (Å²) < 4.78 is 33.6. The lowest BCUT2D eigenvalue weighted by atomic mass is 10.1. The van der Waals surface area contributed by atoms with Gasteiger partial charge in [-0.25, -0.2) is 8.42 Å². The molecule has 0 bridgehead atoms. The maximum atomic E-state index is 13.2. The Labute approximate surface area is 236 Å². The zero-order chi connectivity index (χ0) is 27.6. The van der Waals surface area contributed by atoms with Gasteiger partial charge in [0.2, 0.25) is 10.0 Å². The van der Waals surface area contributed by atoms with Crippen molar-refractivity contribution in [2.45, 2.75) is 13.5 Å². The molecule has 0 saturated carbocycles. The molecule has 1 amide bonds. The van der Waals surface area contributed by atoms with Crippen molar-refractivity contribution in [3.8, 4) is 11.5 Å². The van der Waals surface area contributed by atoms with Gasteiger partial charge in [0.1, 0.15) is 5.75 Å². The topological polar surface area (TPSA) is 75.7 Å². The van der Waals surface area contributed by atoms with Crippen LogP contribution in [0.1, 0.15) is 20.8 Å². The summed E-state index contributed by atoms with van der Waals surface area (Å²) in [6.07, 6.45) is 1.19. The SMILES string of the molecule is Cc1ccc(CN(c2ccc3sc(C(=O)Nc4cc(Cl)ccc4Oc4ccccc4)cc3c2)S(C)(=O)=O)cc1. The maximum Gasteiger partial charge on any atom is 0.265 e. The van der Waals surface area contributed by atoms with Gasteiger partial charge in [0.15, 0.2) is 5.75 Å². The molecule has 6 nitrogen and oxygen atoms in total. The number of amides is 1. The van der Waals surface area contributed by atoms with Crippen molar-refractivity contribution < 1.29 is 17.9 Å². The van der Waals surface area contributed by atoms with Crippen LogP contribution in [0.25, 0.3) is 10.1 Å². The summed E-state index contributed by atoms with van der Waals surface area (Å²) in [5, 5.41) is 4.13. The highest BCUT2D eigenvalue weighted by Crippen LogP contribution is 2.35. The predicted octanol–water partition coefficient (Wildman–Crippen LogP) is 7.87. The molecule has 0 aliphatic carbocycles. The minimum absolute atomic E-state index is 0.209. The average molecular weight is 577 g/mol. The fraction of sp³-hybridized carbons (Fsp3) is 0.100. The summed E-state index contributed by atoms with van der Waals surface area (Å²) in [4.78, 5) is 13.7. The molecule has 0 radical (unpaired) electrons. The Kier molecular flexibility index (Phi) is 7.61. The second-order valence-corrected chi connectivity index (χ2v) is 12.5. The van der Waals surface area contributed by atoms with Crippen LogP contribution in [0.4, 0.5) is 11.4 Å². The van der Waals surface area contributed by atoms with Crippen LogP contribution in [0.3, 0.4) is 0 Å². The monoisotopic (exact) mass is 576 g/mol. The third-order valence-corrected chi connectivity index (χ3v) is 8.51. The molecule has 5 aromatic rings. The van der Waals surface area contributed by atoms with E-state index >= 15 is 0 Å². The summed E-state index contributed by atoms with van der Waals surface area (Å²) in [5.41, 5.74) is 2.96. The molecular weight excluding hydrogens is 552 g/mol. The van der Waals surface area contributed by atoms with Crippen molar-refractivity contribution in [2.75, 3.05) is 15.9 Å². The number of nitrogens with one attached hydrogen (secondary N) is 1. The molecule has 0 saturated heterocycles. The van der Waals surface area contributed by atoms with Crippen molar-refractivity contribution in [3.05, 3.63) is 118 Å². The van der Waals surface area contributed by atoms with Crippen molar-refractivity contribution in [1.82, 2.24) is 0 Å². The van der Waals surface area contributed by atoms with Crippen LogP contribution < -0.4 is 14.4 Å². The van der Waals surface area contributed by atoms with E-state index in [0.717, 1.165) is 21.2 Å². The van der Waals surface area contributed by atoms with E-state index in [1.54, 1.807) is 36.4 Å². The number of carbonyl (C=O) groups is 1. The van der Waals surface area contributed by atoms with Gasteiger partial charge < -0.3 is 10.1 Å². The molecule has 198 valence electrons. The third-order valence-electron chi connectivity index (χ3n) is 6.02. The predicted molar refractivity (Wildman–Crippen MR) is 160 cm³/mol. The summed E-state index contributed by atoms with van der Waals surface area (Å²) in [5.74, 6) is 0.769. The number of benzene rings is 4. The van der Waals surface area contributed by atoms with Crippen LogP contribution in [0, 0.1) is 6.92 Å². The van der Waals surface area contributed by atoms with Gasteiger partial charge in [-0.2, -0.15) is 0 Å². The first kappa shape index (κ1) is 26.7. The average Bonchev–Trinajstić information content (AvgIpc) is 3.33. The summed E-state index contributed by atoms with van der Waals surface area (Å²) in [7, 11) is -3.55. The number of hydrogen-bond acceptors (Lipinski definition) is 5. The van der Waals surface area contributed by atoms with E-state index in [2.05, 4.69) is 5.32 Å². The van der Waals surface area contributed by atoms with E-state index in [4.69, 9.17) is 16.3 Å². The van der Waals surface area contributed by atoms with Crippen LogP contribution in [-0.2, 0) is 16.6 Å². The number of nitrogens with zero attached hydrogens (tertiary/aromatic N) is 1. The van der Waals surface area contributed by atoms with E-state index in [-0.39, 0.29) is 12.5 Å². The number of carbonyl (C=O) groups excluding carboxylic acids is 1. The first-order valence-corrected chi connectivity index (χ1v) is 15.1. The van der Waals surface area contributed by atoms with E-state index < -0.39 is 10.0 Å². The lowest BCUT2D eigenvalue weighted by molar-refractivity contribution is 0.103. The zero-order valence-corrected chi connectivity index (χ0v) is 23.6. The van der Waals surface area contributed by atoms with Crippen molar-refractivity contribution in [2.24, 2.45) is 0 Å². The molecule has 1 aromatic heterocycles. The Morgan fingerprint density at radius 2 is 1.69 bits per heavy atom. The highest BCUT2D eigenvalue weighted by molar-refractivity contribution is 7.92. The number of anilines is 2. The highest BCUT2D eigenvalue weighted by atomic mass is 35.5. The molecule has 0 aliphatic heterocycles. The molecule has 0 atom stereocenters. The lowest BCUT2D eigenvalue weighted by Gasteiger charge is -2.22. The van der Waals surface area contributed by atoms with Crippen molar-refractivity contribution in [3.63, 3.8) is 0 Å². The van der Waals surface area contributed by atoms with E-state index in [9.17, 15) is 13.2 Å². The fourth-order valence-electron chi connectivity index (χ4n) is 4.05. The van der Waals surface area contributed by atoms with E-state index in [0.29, 0.717) is 32.8 Å². The molecule has 0 spiro atoms. The maximum absolute atomic E-state index is 13.2. The number of rotatable bonds is 8. The number of para-hydroxylation sites is 1. The largest absolute Gasteiger partial charge is 0.455 e. The smallest absolute Gasteiger partial charge is 0.265 e. The molecule has 4 aromatic carbocycles. The number of hydrogen-bond donors (Lipinski definition) is 1. The van der Waals surface area contributed by atoms with Crippen LogP contribution in [0.15, 0.2) is 97.1 Å². The van der Waals surface area contributed by atoms with Crippen LogP contribution >= 0.6 is 22.9 Å². The van der Waals surface area contributed by atoms with Gasteiger partial charge >= 0.3 is 0 Å². The Morgan fingerprint density at radius 1 is 0.949 bits per heavy atom. The van der Waals surface area contributed by atoms with Gasteiger partial charge in [0, 0.05) is 9.72 Å². The molecule has 0 unspecified atom stereocenters.